The molecule has 21 heavy (non-hydrogen) atoms. The molecule has 3 heteroatoms. The largest absolute Gasteiger partial charge is 0.492 e. The van der Waals surface area contributed by atoms with E-state index in [9.17, 15) is 0 Å². The third-order valence-electron chi connectivity index (χ3n) is 4.46. The van der Waals surface area contributed by atoms with Crippen molar-refractivity contribution >= 4 is 15.9 Å². The van der Waals surface area contributed by atoms with Crippen LogP contribution in [0.4, 0.5) is 0 Å². The van der Waals surface area contributed by atoms with Gasteiger partial charge >= 0.3 is 0 Å². The Morgan fingerprint density at radius 3 is 2.67 bits per heavy atom. The molecule has 0 bridgehead atoms. The molecular weight excluding hydrogens is 326 g/mol. The van der Waals surface area contributed by atoms with Crippen molar-refractivity contribution in [1.29, 1.82) is 0 Å². The Balaban J connectivity index is 2.01. The van der Waals surface area contributed by atoms with Gasteiger partial charge in [-0.15, -0.1) is 0 Å². The lowest BCUT2D eigenvalue weighted by Gasteiger charge is -2.27. The van der Waals surface area contributed by atoms with Gasteiger partial charge in [-0.2, -0.15) is 0 Å². The third-order valence-corrected chi connectivity index (χ3v) is 5.08. The molecule has 1 aliphatic rings. The Kier molecular flexibility index (Phi) is 7.05. The quantitative estimate of drug-likeness (QED) is 0.701. The Morgan fingerprint density at radius 2 is 2.05 bits per heavy atom. The fourth-order valence-electron chi connectivity index (χ4n) is 3.24. The summed E-state index contributed by atoms with van der Waals surface area (Å²) in [6.07, 6.45) is 9.33. The van der Waals surface area contributed by atoms with Crippen molar-refractivity contribution in [2.24, 2.45) is 5.92 Å². The molecule has 1 atom stereocenters. The fraction of sp³-hybridized carbons (Fsp3) is 0.667. The van der Waals surface area contributed by atoms with Gasteiger partial charge in [0.25, 0.3) is 0 Å². The molecule has 0 saturated heterocycles. The van der Waals surface area contributed by atoms with Crippen molar-refractivity contribution in [3.63, 3.8) is 0 Å². The highest BCUT2D eigenvalue weighted by molar-refractivity contribution is 9.10. The zero-order valence-electron chi connectivity index (χ0n) is 13.3. The molecule has 0 aromatic heterocycles. The molecule has 2 rings (SSSR count). The van der Waals surface area contributed by atoms with Crippen molar-refractivity contribution in [3.05, 3.63) is 28.2 Å². The van der Waals surface area contributed by atoms with E-state index in [0.29, 0.717) is 6.04 Å². The van der Waals surface area contributed by atoms with Crippen molar-refractivity contribution < 1.29 is 4.74 Å². The van der Waals surface area contributed by atoms with Crippen LogP contribution in [0.5, 0.6) is 5.75 Å². The predicted octanol–water partition coefficient (Wildman–Crippen LogP) is 5.47. The van der Waals surface area contributed by atoms with E-state index in [1.54, 1.807) is 0 Å². The van der Waals surface area contributed by atoms with Crippen LogP contribution in [-0.2, 0) is 0 Å². The van der Waals surface area contributed by atoms with Crippen LogP contribution in [0.1, 0.15) is 63.5 Å². The topological polar surface area (TPSA) is 21.3 Å². The number of hydrogen-bond acceptors (Lipinski definition) is 2. The van der Waals surface area contributed by atoms with Gasteiger partial charge in [0.15, 0.2) is 0 Å². The van der Waals surface area contributed by atoms with Gasteiger partial charge in [0, 0.05) is 6.04 Å². The molecule has 1 unspecified atom stereocenters. The van der Waals surface area contributed by atoms with Gasteiger partial charge in [-0.1, -0.05) is 45.1 Å². The predicted molar refractivity (Wildman–Crippen MR) is 92.9 cm³/mol. The van der Waals surface area contributed by atoms with Crippen LogP contribution in [0.2, 0.25) is 0 Å². The van der Waals surface area contributed by atoms with Gasteiger partial charge in [0.1, 0.15) is 5.75 Å². The standard InChI is InChI=1S/C18H28BrNO/c1-3-11-21-18-10-9-15(13-16(18)19)17(20-2)12-14-7-5-4-6-8-14/h9-10,13-14,17,20H,3-8,11-12H2,1-2H3. The van der Waals surface area contributed by atoms with E-state index in [2.05, 4.69) is 53.4 Å². The van der Waals surface area contributed by atoms with E-state index in [1.807, 2.05) is 0 Å². The van der Waals surface area contributed by atoms with E-state index in [1.165, 1.54) is 44.1 Å². The lowest BCUT2D eigenvalue weighted by molar-refractivity contribution is 0.304. The number of nitrogens with one attached hydrogen (secondary N) is 1. The van der Waals surface area contributed by atoms with E-state index >= 15 is 0 Å². The van der Waals surface area contributed by atoms with Crippen molar-refractivity contribution in [1.82, 2.24) is 5.32 Å². The average molecular weight is 354 g/mol. The van der Waals surface area contributed by atoms with Gasteiger partial charge in [-0.25, -0.2) is 0 Å². The van der Waals surface area contributed by atoms with Crippen molar-refractivity contribution in [3.8, 4) is 5.75 Å². The highest BCUT2D eigenvalue weighted by atomic mass is 79.9. The molecule has 1 aliphatic carbocycles. The minimum absolute atomic E-state index is 0.449. The second-order valence-electron chi connectivity index (χ2n) is 6.12. The van der Waals surface area contributed by atoms with Crippen LogP contribution in [0.3, 0.4) is 0 Å². The molecule has 118 valence electrons. The Bertz CT molecular complexity index is 429. The number of hydrogen-bond donors (Lipinski definition) is 1. The first-order chi connectivity index (χ1) is 10.2. The van der Waals surface area contributed by atoms with Gasteiger partial charge in [0.05, 0.1) is 11.1 Å². The van der Waals surface area contributed by atoms with Crippen LogP contribution < -0.4 is 10.1 Å². The summed E-state index contributed by atoms with van der Waals surface area (Å²) in [7, 11) is 2.07. The van der Waals surface area contributed by atoms with E-state index in [0.717, 1.165) is 29.2 Å². The summed E-state index contributed by atoms with van der Waals surface area (Å²) < 4.78 is 6.80. The maximum absolute atomic E-state index is 5.74. The van der Waals surface area contributed by atoms with E-state index < -0.39 is 0 Å². The molecule has 0 amide bonds. The molecule has 1 fully saturated rings. The summed E-state index contributed by atoms with van der Waals surface area (Å²) in [5, 5.41) is 3.49. The van der Waals surface area contributed by atoms with Gasteiger partial charge in [0.2, 0.25) is 0 Å². The summed E-state index contributed by atoms with van der Waals surface area (Å²) in [6.45, 7) is 2.90. The molecule has 0 heterocycles. The van der Waals surface area contributed by atoms with Crippen LogP contribution in [0.25, 0.3) is 0 Å². The lowest BCUT2D eigenvalue weighted by atomic mass is 9.83. The van der Waals surface area contributed by atoms with Gasteiger partial charge < -0.3 is 10.1 Å². The molecular formula is C18H28BrNO. The number of rotatable bonds is 7. The van der Waals surface area contributed by atoms with Gasteiger partial charge in [-0.05, 0) is 59.4 Å². The molecule has 0 radical (unpaired) electrons. The summed E-state index contributed by atoms with van der Waals surface area (Å²) in [6, 6.07) is 6.97. The maximum atomic E-state index is 5.74. The second kappa shape index (κ2) is 8.79. The highest BCUT2D eigenvalue weighted by Crippen LogP contribution is 2.34. The Hall–Kier alpha value is -0.540. The number of ether oxygens (including phenoxy) is 1. The molecule has 1 saturated carbocycles. The first-order valence-electron chi connectivity index (χ1n) is 8.34. The zero-order valence-corrected chi connectivity index (χ0v) is 14.9. The van der Waals surface area contributed by atoms with E-state index in [4.69, 9.17) is 4.74 Å². The summed E-state index contributed by atoms with van der Waals surface area (Å²) >= 11 is 3.65. The first kappa shape index (κ1) is 16.8. The highest BCUT2D eigenvalue weighted by Gasteiger charge is 2.19. The SMILES string of the molecule is CCCOc1ccc(C(CC2CCCCC2)NC)cc1Br. The average Bonchev–Trinajstić information content (AvgIpc) is 2.52. The lowest BCUT2D eigenvalue weighted by Crippen LogP contribution is -2.21. The molecule has 1 N–H and O–H groups in total. The minimum atomic E-state index is 0.449. The minimum Gasteiger partial charge on any atom is -0.492 e. The molecule has 1 aromatic carbocycles. The van der Waals surface area contributed by atoms with Crippen LogP contribution >= 0.6 is 15.9 Å². The maximum Gasteiger partial charge on any atom is 0.133 e. The van der Waals surface area contributed by atoms with Crippen LogP contribution in [-0.4, -0.2) is 13.7 Å². The molecule has 0 aliphatic heterocycles. The molecule has 0 spiro atoms. The van der Waals surface area contributed by atoms with Crippen LogP contribution in [0.15, 0.2) is 22.7 Å². The Labute approximate surface area is 137 Å². The number of halogens is 1. The van der Waals surface area contributed by atoms with Crippen molar-refractivity contribution in [2.45, 2.75) is 57.9 Å². The third kappa shape index (κ3) is 5.00. The smallest absolute Gasteiger partial charge is 0.133 e. The van der Waals surface area contributed by atoms with Crippen LogP contribution in [0, 0.1) is 5.92 Å². The van der Waals surface area contributed by atoms with E-state index in [-0.39, 0.29) is 0 Å². The van der Waals surface area contributed by atoms with Crippen molar-refractivity contribution in [2.75, 3.05) is 13.7 Å². The summed E-state index contributed by atoms with van der Waals surface area (Å²) in [5.74, 6) is 1.83. The monoisotopic (exact) mass is 353 g/mol. The zero-order chi connectivity index (χ0) is 15.1. The second-order valence-corrected chi connectivity index (χ2v) is 6.97. The fourth-order valence-corrected chi connectivity index (χ4v) is 3.75. The molecule has 2 nitrogen and oxygen atoms in total. The van der Waals surface area contributed by atoms with Gasteiger partial charge in [-0.3, -0.25) is 0 Å². The Morgan fingerprint density at radius 1 is 1.29 bits per heavy atom. The normalized spacial score (nSPS) is 17.7. The number of benzene rings is 1. The summed E-state index contributed by atoms with van der Waals surface area (Å²) in [4.78, 5) is 0. The first-order valence-corrected chi connectivity index (χ1v) is 9.13. The summed E-state index contributed by atoms with van der Waals surface area (Å²) in [5.41, 5.74) is 1.36. The molecule has 1 aromatic rings.